The van der Waals surface area contributed by atoms with Crippen LogP contribution in [0.2, 0.25) is 0 Å². The van der Waals surface area contributed by atoms with Gasteiger partial charge in [-0.1, -0.05) is 0 Å². The molecule has 2 nitrogen and oxygen atoms in total. The van der Waals surface area contributed by atoms with Crippen LogP contribution in [-0.2, 0) is 4.74 Å². The van der Waals surface area contributed by atoms with Crippen LogP contribution >= 0.6 is 27.5 Å². The molecule has 0 radical (unpaired) electrons. The number of alkyl halides is 1. The minimum absolute atomic E-state index is 0.00103. The van der Waals surface area contributed by atoms with Crippen molar-refractivity contribution in [1.82, 2.24) is 0 Å². The smallest absolute Gasteiger partial charge is 0.137 e. The van der Waals surface area contributed by atoms with Gasteiger partial charge in [-0.05, 0) is 34.1 Å². The molecule has 1 fully saturated rings. The third-order valence-electron chi connectivity index (χ3n) is 2.63. The number of methoxy groups -OCH3 is 1. The molecule has 0 aliphatic heterocycles. The highest BCUT2D eigenvalue weighted by Gasteiger charge is 2.42. The number of hydrogen-bond acceptors (Lipinski definition) is 2. The Morgan fingerprint density at radius 3 is 2.81 bits per heavy atom. The summed E-state index contributed by atoms with van der Waals surface area (Å²) < 4.78 is 24.2. The highest BCUT2D eigenvalue weighted by atomic mass is 79.9. The highest BCUT2D eigenvalue weighted by Crippen LogP contribution is 2.33. The van der Waals surface area contributed by atoms with Gasteiger partial charge >= 0.3 is 0 Å². The zero-order valence-electron chi connectivity index (χ0n) is 8.62. The molecule has 0 spiro atoms. The summed E-state index contributed by atoms with van der Waals surface area (Å²) in [5, 5.41) is -0.00103. The van der Waals surface area contributed by atoms with E-state index >= 15 is 0 Å². The fourth-order valence-electron chi connectivity index (χ4n) is 1.67. The van der Waals surface area contributed by atoms with E-state index < -0.39 is 0 Å². The van der Waals surface area contributed by atoms with Crippen molar-refractivity contribution in [2.24, 2.45) is 0 Å². The Bertz CT molecular complexity index is 388. The van der Waals surface area contributed by atoms with Crippen molar-refractivity contribution in [3.05, 3.63) is 28.5 Å². The van der Waals surface area contributed by atoms with E-state index in [4.69, 9.17) is 21.1 Å². The van der Waals surface area contributed by atoms with E-state index in [1.54, 1.807) is 19.2 Å². The van der Waals surface area contributed by atoms with Crippen LogP contribution < -0.4 is 4.74 Å². The lowest BCUT2D eigenvalue weighted by Gasteiger charge is -2.39. The summed E-state index contributed by atoms with van der Waals surface area (Å²) in [5.74, 6) is 0.309. The van der Waals surface area contributed by atoms with Gasteiger partial charge in [0, 0.05) is 13.5 Å². The molecule has 3 atom stereocenters. The predicted molar refractivity (Wildman–Crippen MR) is 63.6 cm³/mol. The second kappa shape index (κ2) is 4.90. The van der Waals surface area contributed by atoms with Crippen LogP contribution in [0.5, 0.6) is 5.75 Å². The maximum atomic E-state index is 13.0. The average Bonchev–Trinajstić information content (AvgIpc) is 2.23. The molecule has 0 amide bonds. The van der Waals surface area contributed by atoms with Crippen molar-refractivity contribution in [1.29, 1.82) is 0 Å². The molecule has 1 saturated carbocycles. The van der Waals surface area contributed by atoms with Gasteiger partial charge in [0.2, 0.25) is 0 Å². The fourth-order valence-corrected chi connectivity index (χ4v) is 2.47. The molecule has 1 aliphatic rings. The van der Waals surface area contributed by atoms with Crippen molar-refractivity contribution in [3.8, 4) is 5.75 Å². The van der Waals surface area contributed by atoms with E-state index in [2.05, 4.69) is 15.9 Å². The monoisotopic (exact) mass is 308 g/mol. The summed E-state index contributed by atoms with van der Waals surface area (Å²) in [5.41, 5.74) is 0. The quantitative estimate of drug-likeness (QED) is 0.797. The Hall–Kier alpha value is -0.320. The molecular weight excluding hydrogens is 298 g/mol. The minimum atomic E-state index is -0.306. The molecule has 0 aromatic heterocycles. The summed E-state index contributed by atoms with van der Waals surface area (Å²) in [6.07, 6.45) is 0.602. The molecule has 5 heteroatoms. The molecule has 16 heavy (non-hydrogen) atoms. The van der Waals surface area contributed by atoms with Crippen molar-refractivity contribution < 1.29 is 13.9 Å². The van der Waals surface area contributed by atoms with Crippen LogP contribution in [0.3, 0.4) is 0 Å². The molecule has 2 rings (SSSR count). The van der Waals surface area contributed by atoms with Gasteiger partial charge in [-0.15, -0.1) is 11.6 Å². The Balaban J connectivity index is 2.02. The van der Waals surface area contributed by atoms with Crippen molar-refractivity contribution in [2.45, 2.75) is 24.0 Å². The molecule has 1 aromatic rings. The van der Waals surface area contributed by atoms with Crippen molar-refractivity contribution >= 4 is 27.5 Å². The Morgan fingerprint density at radius 1 is 1.50 bits per heavy atom. The summed E-state index contributed by atoms with van der Waals surface area (Å²) >= 11 is 9.07. The normalized spacial score (nSPS) is 28.6. The van der Waals surface area contributed by atoms with Gasteiger partial charge in [0.25, 0.3) is 0 Å². The molecule has 0 N–H and O–H groups in total. The third kappa shape index (κ3) is 2.34. The zero-order chi connectivity index (χ0) is 11.7. The Morgan fingerprint density at radius 2 is 2.25 bits per heavy atom. The van der Waals surface area contributed by atoms with Gasteiger partial charge in [-0.2, -0.15) is 0 Å². The molecule has 1 aliphatic carbocycles. The first kappa shape index (κ1) is 12.1. The van der Waals surface area contributed by atoms with Crippen molar-refractivity contribution in [3.63, 3.8) is 0 Å². The SMILES string of the molecule is COC1C(Cl)CC1Oc1ccc(F)c(Br)c1. The van der Waals surface area contributed by atoms with Gasteiger partial charge in [0.05, 0.1) is 9.85 Å². The van der Waals surface area contributed by atoms with Crippen LogP contribution in [0.25, 0.3) is 0 Å². The molecule has 88 valence electrons. The van der Waals surface area contributed by atoms with E-state index in [9.17, 15) is 4.39 Å². The van der Waals surface area contributed by atoms with Gasteiger partial charge < -0.3 is 9.47 Å². The van der Waals surface area contributed by atoms with E-state index in [1.807, 2.05) is 0 Å². The van der Waals surface area contributed by atoms with E-state index in [-0.39, 0.29) is 23.4 Å². The first-order valence-corrected chi connectivity index (χ1v) is 6.13. The Labute approximate surface area is 107 Å². The number of ether oxygens (including phenoxy) is 2. The summed E-state index contributed by atoms with van der Waals surface area (Å²) in [6, 6.07) is 4.55. The maximum absolute atomic E-state index is 13.0. The molecule has 0 saturated heterocycles. The molecule has 0 heterocycles. The van der Waals surface area contributed by atoms with E-state index in [1.165, 1.54) is 6.07 Å². The minimum Gasteiger partial charge on any atom is -0.488 e. The van der Waals surface area contributed by atoms with Crippen molar-refractivity contribution in [2.75, 3.05) is 7.11 Å². The maximum Gasteiger partial charge on any atom is 0.137 e. The van der Waals surface area contributed by atoms with Gasteiger partial charge in [-0.3, -0.25) is 0 Å². The van der Waals surface area contributed by atoms with E-state index in [0.29, 0.717) is 10.2 Å². The molecular formula is C11H11BrClFO2. The predicted octanol–water partition coefficient (Wildman–Crippen LogP) is 3.36. The average molecular weight is 310 g/mol. The lowest BCUT2D eigenvalue weighted by molar-refractivity contribution is -0.0584. The van der Waals surface area contributed by atoms with Gasteiger partial charge in [0.15, 0.2) is 0 Å². The van der Waals surface area contributed by atoms with Crippen LogP contribution in [0.1, 0.15) is 6.42 Å². The summed E-state index contributed by atoms with van der Waals surface area (Å²) in [7, 11) is 1.61. The van der Waals surface area contributed by atoms with Gasteiger partial charge in [-0.25, -0.2) is 4.39 Å². The van der Waals surface area contributed by atoms with Crippen LogP contribution in [0.15, 0.2) is 22.7 Å². The lowest BCUT2D eigenvalue weighted by atomic mass is 9.91. The second-order valence-electron chi connectivity index (χ2n) is 3.68. The molecule has 1 aromatic carbocycles. The number of rotatable bonds is 3. The Kier molecular flexibility index (Phi) is 3.72. The van der Waals surface area contributed by atoms with Crippen LogP contribution in [0.4, 0.5) is 4.39 Å². The van der Waals surface area contributed by atoms with Crippen LogP contribution in [0, 0.1) is 5.82 Å². The highest BCUT2D eigenvalue weighted by molar-refractivity contribution is 9.10. The fraction of sp³-hybridized carbons (Fsp3) is 0.455. The standard InChI is InChI=1S/C11H11BrClFO2/c1-15-11-8(13)5-10(11)16-6-2-3-9(14)7(12)4-6/h2-4,8,10-11H,5H2,1H3. The molecule has 0 bridgehead atoms. The zero-order valence-corrected chi connectivity index (χ0v) is 11.0. The summed E-state index contributed by atoms with van der Waals surface area (Å²) in [4.78, 5) is 0. The lowest BCUT2D eigenvalue weighted by Crippen LogP contribution is -2.52. The molecule has 3 unspecified atom stereocenters. The third-order valence-corrected chi connectivity index (χ3v) is 3.67. The first-order chi connectivity index (χ1) is 7.61. The number of halogens is 3. The first-order valence-electron chi connectivity index (χ1n) is 4.90. The van der Waals surface area contributed by atoms with E-state index in [0.717, 1.165) is 6.42 Å². The number of hydrogen-bond donors (Lipinski definition) is 0. The topological polar surface area (TPSA) is 18.5 Å². The number of benzene rings is 1. The second-order valence-corrected chi connectivity index (χ2v) is 5.10. The van der Waals surface area contributed by atoms with Gasteiger partial charge in [0.1, 0.15) is 23.8 Å². The largest absolute Gasteiger partial charge is 0.488 e. The van der Waals surface area contributed by atoms with Crippen LogP contribution in [-0.4, -0.2) is 24.7 Å². The summed E-state index contributed by atoms with van der Waals surface area (Å²) in [6.45, 7) is 0.